The fourth-order valence-corrected chi connectivity index (χ4v) is 3.43. The summed E-state index contributed by atoms with van der Waals surface area (Å²) in [5.74, 6) is -1.13. The third-order valence-corrected chi connectivity index (χ3v) is 5.12. The van der Waals surface area contributed by atoms with Crippen LogP contribution in [0.1, 0.15) is 79.7 Å². The van der Waals surface area contributed by atoms with E-state index in [-0.39, 0.29) is 5.56 Å². The summed E-state index contributed by atoms with van der Waals surface area (Å²) in [7, 11) is 1.27. The molecule has 2 aromatic carbocycles. The molecule has 10 heteroatoms. The van der Waals surface area contributed by atoms with Gasteiger partial charge in [-0.15, -0.1) is 0 Å². The molecule has 0 aromatic heterocycles. The number of ether oxygens (including phenoxy) is 2. The molecule has 0 saturated heterocycles. The first-order valence-electron chi connectivity index (χ1n) is 11.4. The average molecular weight is 509 g/mol. The van der Waals surface area contributed by atoms with Crippen LogP contribution in [0.2, 0.25) is 0 Å². The molecule has 0 fully saturated rings. The molecular formula is C26H31F3N2O5. The number of alkyl halides is 3. The molecule has 2 atom stereocenters. The minimum absolute atomic E-state index is 0.155. The second kappa shape index (κ2) is 11.9. The molecule has 0 spiro atoms. The monoisotopic (exact) mass is 508 g/mol. The topological polar surface area (TPSA) is 93.7 Å². The summed E-state index contributed by atoms with van der Waals surface area (Å²) in [6, 6.07) is 8.70. The van der Waals surface area contributed by atoms with Crippen molar-refractivity contribution in [3.8, 4) is 0 Å². The van der Waals surface area contributed by atoms with Gasteiger partial charge in [0.1, 0.15) is 11.6 Å². The van der Waals surface area contributed by atoms with Gasteiger partial charge in [-0.2, -0.15) is 13.2 Å². The summed E-state index contributed by atoms with van der Waals surface area (Å²) in [5.41, 5.74) is -0.518. The van der Waals surface area contributed by atoms with Gasteiger partial charge in [-0.3, -0.25) is 4.79 Å². The first kappa shape index (κ1) is 28.7. The molecule has 0 heterocycles. The molecule has 0 bridgehead atoms. The van der Waals surface area contributed by atoms with Gasteiger partial charge in [0.05, 0.1) is 24.3 Å². The Labute approximate surface area is 208 Å². The van der Waals surface area contributed by atoms with Gasteiger partial charge in [0.15, 0.2) is 0 Å². The van der Waals surface area contributed by atoms with Crippen LogP contribution in [0.4, 0.5) is 18.0 Å². The zero-order valence-corrected chi connectivity index (χ0v) is 20.9. The van der Waals surface area contributed by atoms with Gasteiger partial charge in [-0.25, -0.2) is 9.59 Å². The van der Waals surface area contributed by atoms with Crippen LogP contribution in [0.15, 0.2) is 48.5 Å². The van der Waals surface area contributed by atoms with E-state index >= 15 is 0 Å². The van der Waals surface area contributed by atoms with Crippen LogP contribution in [0.3, 0.4) is 0 Å². The van der Waals surface area contributed by atoms with Crippen LogP contribution >= 0.6 is 0 Å². The first-order valence-corrected chi connectivity index (χ1v) is 11.4. The number of hydrogen-bond acceptors (Lipinski definition) is 5. The van der Waals surface area contributed by atoms with E-state index in [1.807, 2.05) is 6.92 Å². The molecule has 2 N–H and O–H groups in total. The van der Waals surface area contributed by atoms with Gasteiger partial charge >= 0.3 is 18.2 Å². The van der Waals surface area contributed by atoms with Crippen molar-refractivity contribution in [1.82, 2.24) is 10.6 Å². The number of hydrogen-bond donors (Lipinski definition) is 2. The average Bonchev–Trinajstić information content (AvgIpc) is 2.80. The molecule has 0 saturated carbocycles. The maximum Gasteiger partial charge on any atom is 0.416 e. The maximum atomic E-state index is 13.3. The lowest BCUT2D eigenvalue weighted by atomic mass is 9.99. The van der Waals surface area contributed by atoms with E-state index in [0.29, 0.717) is 24.0 Å². The van der Waals surface area contributed by atoms with E-state index in [1.165, 1.54) is 7.11 Å². The van der Waals surface area contributed by atoms with Crippen molar-refractivity contribution in [2.75, 3.05) is 7.11 Å². The van der Waals surface area contributed by atoms with E-state index in [0.717, 1.165) is 24.3 Å². The number of benzene rings is 2. The lowest BCUT2D eigenvalue weighted by Crippen LogP contribution is -2.43. The SMILES string of the molecule is CCCC(NC(=O)C(NC(=O)OC(C)(C)C)c1ccc(C(F)(F)F)cc1)c1ccc(C(=O)OC)cc1. The number of nitrogens with one attached hydrogen (secondary N) is 2. The highest BCUT2D eigenvalue weighted by molar-refractivity contribution is 5.89. The summed E-state index contributed by atoms with van der Waals surface area (Å²) in [6.45, 7) is 6.87. The van der Waals surface area contributed by atoms with Crippen molar-refractivity contribution < 1.29 is 37.0 Å². The summed E-state index contributed by atoms with van der Waals surface area (Å²) in [4.78, 5) is 37.5. The van der Waals surface area contributed by atoms with Gasteiger partial charge in [0.25, 0.3) is 0 Å². The van der Waals surface area contributed by atoms with E-state index in [4.69, 9.17) is 9.47 Å². The lowest BCUT2D eigenvalue weighted by Gasteiger charge is -2.26. The molecule has 0 aliphatic carbocycles. The highest BCUT2D eigenvalue weighted by Crippen LogP contribution is 2.30. The summed E-state index contributed by atoms with van der Waals surface area (Å²) in [6.07, 6.45) is -4.20. The van der Waals surface area contributed by atoms with Crippen LogP contribution in [0, 0.1) is 0 Å². The second-order valence-electron chi connectivity index (χ2n) is 9.16. The number of methoxy groups -OCH3 is 1. The van der Waals surface area contributed by atoms with Gasteiger partial charge < -0.3 is 20.1 Å². The number of esters is 1. The molecule has 2 amide bonds. The van der Waals surface area contributed by atoms with Crippen LogP contribution in [-0.4, -0.2) is 30.7 Å². The van der Waals surface area contributed by atoms with Crippen molar-refractivity contribution in [3.05, 3.63) is 70.8 Å². The molecule has 7 nitrogen and oxygen atoms in total. The minimum atomic E-state index is -4.54. The number of amides is 2. The Morgan fingerprint density at radius 2 is 1.44 bits per heavy atom. The van der Waals surface area contributed by atoms with Gasteiger partial charge in [-0.1, -0.05) is 37.6 Å². The molecule has 0 radical (unpaired) electrons. The smallest absolute Gasteiger partial charge is 0.416 e. The Kier molecular flexibility index (Phi) is 9.49. The predicted molar refractivity (Wildman–Crippen MR) is 127 cm³/mol. The van der Waals surface area contributed by atoms with Crippen LogP contribution in [0.25, 0.3) is 0 Å². The number of carbonyl (C=O) groups excluding carboxylic acids is 3. The van der Waals surface area contributed by atoms with Gasteiger partial charge in [0.2, 0.25) is 5.91 Å². The first-order chi connectivity index (χ1) is 16.7. The zero-order valence-electron chi connectivity index (χ0n) is 20.9. The Hall–Kier alpha value is -3.56. The summed E-state index contributed by atoms with van der Waals surface area (Å²) in [5, 5.41) is 5.32. The van der Waals surface area contributed by atoms with Gasteiger partial charge in [-0.05, 0) is 62.6 Å². The molecule has 2 rings (SSSR count). The van der Waals surface area contributed by atoms with Crippen molar-refractivity contribution in [3.63, 3.8) is 0 Å². The third-order valence-electron chi connectivity index (χ3n) is 5.12. The van der Waals surface area contributed by atoms with Crippen molar-refractivity contribution in [1.29, 1.82) is 0 Å². The van der Waals surface area contributed by atoms with Crippen LogP contribution in [-0.2, 0) is 20.4 Å². The Balaban J connectivity index is 2.34. The highest BCUT2D eigenvalue weighted by Gasteiger charge is 2.32. The highest BCUT2D eigenvalue weighted by atomic mass is 19.4. The molecule has 36 heavy (non-hydrogen) atoms. The van der Waals surface area contributed by atoms with Crippen LogP contribution < -0.4 is 10.6 Å². The zero-order chi connectivity index (χ0) is 27.1. The van der Waals surface area contributed by atoms with E-state index in [2.05, 4.69) is 10.6 Å². The van der Waals surface area contributed by atoms with Crippen LogP contribution in [0.5, 0.6) is 0 Å². The third kappa shape index (κ3) is 8.28. The molecule has 0 aliphatic heterocycles. The Morgan fingerprint density at radius 1 is 0.889 bits per heavy atom. The molecule has 2 aromatic rings. The molecular weight excluding hydrogens is 477 g/mol. The molecule has 2 unspecified atom stereocenters. The summed E-state index contributed by atoms with van der Waals surface area (Å²) < 4.78 is 49.0. The largest absolute Gasteiger partial charge is 0.465 e. The molecule has 196 valence electrons. The fraction of sp³-hybridized carbons (Fsp3) is 0.423. The Bertz CT molecular complexity index is 1050. The Morgan fingerprint density at radius 3 is 1.92 bits per heavy atom. The lowest BCUT2D eigenvalue weighted by molar-refractivity contribution is -0.137. The number of alkyl carbamates (subject to hydrolysis) is 1. The quantitative estimate of drug-likeness (QED) is 0.445. The second-order valence-corrected chi connectivity index (χ2v) is 9.16. The van der Waals surface area contributed by atoms with E-state index < -0.39 is 47.4 Å². The van der Waals surface area contributed by atoms with E-state index in [1.54, 1.807) is 45.0 Å². The van der Waals surface area contributed by atoms with E-state index in [9.17, 15) is 27.6 Å². The standard InChI is InChI=1S/C26H31F3N2O5/c1-6-7-20(16-8-10-18(11-9-16)23(33)35-5)30-22(32)21(31-24(34)36-25(2,3)4)17-12-14-19(15-13-17)26(27,28)29/h8-15,20-21H,6-7H2,1-5H3,(H,30,32)(H,31,34). The number of halogens is 3. The van der Waals surface area contributed by atoms with Crippen molar-refractivity contribution in [2.24, 2.45) is 0 Å². The van der Waals surface area contributed by atoms with Crippen molar-refractivity contribution >= 4 is 18.0 Å². The predicted octanol–water partition coefficient (Wildman–Crippen LogP) is 5.72. The van der Waals surface area contributed by atoms with Gasteiger partial charge in [0, 0.05) is 0 Å². The summed E-state index contributed by atoms with van der Waals surface area (Å²) >= 11 is 0. The van der Waals surface area contributed by atoms with Crippen molar-refractivity contribution in [2.45, 2.75) is 64.4 Å². The maximum absolute atomic E-state index is 13.3. The minimum Gasteiger partial charge on any atom is -0.465 e. The molecule has 0 aliphatic rings. The number of rotatable bonds is 8. The normalized spacial score (nSPS) is 13.3. The number of carbonyl (C=O) groups is 3. The fourth-order valence-electron chi connectivity index (χ4n) is 3.43.